The van der Waals surface area contributed by atoms with Crippen LogP contribution in [0.1, 0.15) is 46.0 Å². The molecule has 0 aromatic rings. The first kappa shape index (κ1) is 11.4. The van der Waals surface area contributed by atoms with Crippen LogP contribution >= 0.6 is 11.8 Å². The fraction of sp³-hybridized carbons (Fsp3) is 1.00. The van der Waals surface area contributed by atoms with E-state index in [-0.39, 0.29) is 6.10 Å². The number of hydrogen-bond donors (Lipinski definition) is 1. The van der Waals surface area contributed by atoms with Gasteiger partial charge in [-0.05, 0) is 30.9 Å². The van der Waals surface area contributed by atoms with Crippen LogP contribution in [0.3, 0.4) is 0 Å². The van der Waals surface area contributed by atoms with Gasteiger partial charge in [0, 0.05) is 5.25 Å². The highest BCUT2D eigenvalue weighted by Crippen LogP contribution is 2.31. The predicted molar refractivity (Wildman–Crippen MR) is 60.2 cm³/mol. The zero-order chi connectivity index (χ0) is 9.68. The molecule has 0 aliphatic carbocycles. The molecule has 0 saturated carbocycles. The Kier molecular flexibility index (Phi) is 5.18. The van der Waals surface area contributed by atoms with Crippen molar-refractivity contribution in [1.82, 2.24) is 0 Å². The Morgan fingerprint density at radius 2 is 2.08 bits per heavy atom. The SMILES string of the molecule is CCC(CC)CC(O)C1CCCS1. The maximum absolute atomic E-state index is 9.96. The third kappa shape index (κ3) is 3.51. The van der Waals surface area contributed by atoms with Gasteiger partial charge in [-0.1, -0.05) is 26.7 Å². The molecule has 2 heteroatoms. The lowest BCUT2D eigenvalue weighted by Crippen LogP contribution is -2.23. The van der Waals surface area contributed by atoms with Crippen molar-refractivity contribution in [2.75, 3.05) is 5.75 Å². The Balaban J connectivity index is 2.25. The maximum Gasteiger partial charge on any atom is 0.0661 e. The summed E-state index contributed by atoms with van der Waals surface area (Å²) < 4.78 is 0. The predicted octanol–water partition coefficient (Wildman–Crippen LogP) is 3.07. The van der Waals surface area contributed by atoms with Crippen LogP contribution in [0.5, 0.6) is 0 Å². The highest BCUT2D eigenvalue weighted by Gasteiger charge is 2.25. The van der Waals surface area contributed by atoms with Crippen molar-refractivity contribution in [1.29, 1.82) is 0 Å². The molecule has 0 spiro atoms. The quantitative estimate of drug-likeness (QED) is 0.739. The fourth-order valence-electron chi connectivity index (χ4n) is 2.02. The van der Waals surface area contributed by atoms with E-state index in [2.05, 4.69) is 13.8 Å². The fourth-order valence-corrected chi connectivity index (χ4v) is 3.32. The standard InChI is InChI=1S/C11H22OS/c1-3-9(4-2)8-10(12)11-6-5-7-13-11/h9-12H,3-8H2,1-2H3. The van der Waals surface area contributed by atoms with E-state index in [1.807, 2.05) is 11.8 Å². The van der Waals surface area contributed by atoms with Crippen LogP contribution in [0.25, 0.3) is 0 Å². The number of aliphatic hydroxyl groups excluding tert-OH is 1. The van der Waals surface area contributed by atoms with Gasteiger partial charge in [-0.2, -0.15) is 11.8 Å². The van der Waals surface area contributed by atoms with E-state index < -0.39 is 0 Å². The Labute approximate surface area is 86.3 Å². The van der Waals surface area contributed by atoms with Crippen LogP contribution in [0.4, 0.5) is 0 Å². The normalized spacial score (nSPS) is 25.4. The molecule has 1 aliphatic rings. The molecular weight excluding hydrogens is 180 g/mol. The number of rotatable bonds is 5. The second-order valence-electron chi connectivity index (χ2n) is 4.04. The van der Waals surface area contributed by atoms with Gasteiger partial charge in [-0.25, -0.2) is 0 Å². The lowest BCUT2D eigenvalue weighted by Gasteiger charge is -2.21. The molecule has 1 saturated heterocycles. The molecule has 1 aliphatic heterocycles. The van der Waals surface area contributed by atoms with Crippen LogP contribution < -0.4 is 0 Å². The van der Waals surface area contributed by atoms with E-state index >= 15 is 0 Å². The smallest absolute Gasteiger partial charge is 0.0661 e. The summed E-state index contributed by atoms with van der Waals surface area (Å²) in [5.74, 6) is 1.99. The van der Waals surface area contributed by atoms with Crippen molar-refractivity contribution >= 4 is 11.8 Å². The van der Waals surface area contributed by atoms with Crippen molar-refractivity contribution in [2.24, 2.45) is 5.92 Å². The van der Waals surface area contributed by atoms with Crippen molar-refractivity contribution in [3.63, 3.8) is 0 Å². The van der Waals surface area contributed by atoms with Gasteiger partial charge < -0.3 is 5.11 Å². The number of hydrogen-bond acceptors (Lipinski definition) is 2. The summed E-state index contributed by atoms with van der Waals surface area (Å²) in [6.45, 7) is 4.45. The molecule has 0 bridgehead atoms. The summed E-state index contributed by atoms with van der Waals surface area (Å²) in [7, 11) is 0. The molecule has 1 fully saturated rings. The molecule has 0 amide bonds. The molecule has 1 nitrogen and oxygen atoms in total. The van der Waals surface area contributed by atoms with Crippen LogP contribution in [0, 0.1) is 5.92 Å². The lowest BCUT2D eigenvalue weighted by atomic mass is 9.94. The van der Waals surface area contributed by atoms with E-state index in [4.69, 9.17) is 0 Å². The molecule has 13 heavy (non-hydrogen) atoms. The third-order valence-corrected chi connectivity index (χ3v) is 4.63. The monoisotopic (exact) mass is 202 g/mol. The van der Waals surface area contributed by atoms with E-state index in [0.29, 0.717) is 5.25 Å². The van der Waals surface area contributed by atoms with Crippen molar-refractivity contribution in [3.8, 4) is 0 Å². The van der Waals surface area contributed by atoms with Gasteiger partial charge in [0.15, 0.2) is 0 Å². The molecule has 0 aromatic heterocycles. The van der Waals surface area contributed by atoms with E-state index in [1.54, 1.807) is 0 Å². The Morgan fingerprint density at radius 1 is 1.38 bits per heavy atom. The summed E-state index contributed by atoms with van der Waals surface area (Å²) in [5, 5.41) is 10.5. The minimum absolute atomic E-state index is 0.0441. The summed E-state index contributed by atoms with van der Waals surface area (Å²) in [5.41, 5.74) is 0. The average molecular weight is 202 g/mol. The molecule has 2 unspecified atom stereocenters. The first-order valence-corrected chi connectivity index (χ1v) is 6.62. The average Bonchev–Trinajstić information content (AvgIpc) is 2.66. The maximum atomic E-state index is 9.96. The molecule has 1 rings (SSSR count). The van der Waals surface area contributed by atoms with E-state index in [9.17, 15) is 5.11 Å². The second kappa shape index (κ2) is 5.92. The van der Waals surface area contributed by atoms with E-state index in [0.717, 1.165) is 12.3 Å². The minimum atomic E-state index is -0.0441. The summed E-state index contributed by atoms with van der Waals surface area (Å²) in [4.78, 5) is 0. The van der Waals surface area contributed by atoms with Crippen molar-refractivity contribution < 1.29 is 5.11 Å². The number of aliphatic hydroxyl groups is 1. The zero-order valence-electron chi connectivity index (χ0n) is 8.83. The van der Waals surface area contributed by atoms with Gasteiger partial charge in [0.25, 0.3) is 0 Å². The lowest BCUT2D eigenvalue weighted by molar-refractivity contribution is 0.135. The van der Waals surface area contributed by atoms with Gasteiger partial charge >= 0.3 is 0 Å². The van der Waals surface area contributed by atoms with Gasteiger partial charge in [0.05, 0.1) is 6.10 Å². The molecule has 2 atom stereocenters. The van der Waals surface area contributed by atoms with Crippen LogP contribution in [-0.4, -0.2) is 22.2 Å². The Hall–Kier alpha value is 0.310. The third-order valence-electron chi connectivity index (χ3n) is 3.12. The van der Waals surface area contributed by atoms with Gasteiger partial charge in [0.2, 0.25) is 0 Å². The molecular formula is C11H22OS. The van der Waals surface area contributed by atoms with Crippen molar-refractivity contribution in [2.45, 2.75) is 57.3 Å². The molecule has 0 aromatic carbocycles. The Bertz CT molecular complexity index is 128. The molecule has 78 valence electrons. The molecule has 1 N–H and O–H groups in total. The van der Waals surface area contributed by atoms with Crippen LogP contribution in [0.15, 0.2) is 0 Å². The van der Waals surface area contributed by atoms with E-state index in [1.165, 1.54) is 31.4 Å². The first-order valence-electron chi connectivity index (χ1n) is 5.57. The minimum Gasteiger partial charge on any atom is -0.392 e. The first-order chi connectivity index (χ1) is 6.27. The number of thioether (sulfide) groups is 1. The molecule has 0 radical (unpaired) electrons. The largest absolute Gasteiger partial charge is 0.392 e. The topological polar surface area (TPSA) is 20.2 Å². The van der Waals surface area contributed by atoms with Crippen molar-refractivity contribution in [3.05, 3.63) is 0 Å². The summed E-state index contributed by atoms with van der Waals surface area (Å²) in [6, 6.07) is 0. The summed E-state index contributed by atoms with van der Waals surface area (Å²) >= 11 is 1.96. The summed E-state index contributed by atoms with van der Waals surface area (Å²) in [6.07, 6.45) is 5.93. The zero-order valence-corrected chi connectivity index (χ0v) is 9.65. The van der Waals surface area contributed by atoms with Crippen LogP contribution in [-0.2, 0) is 0 Å². The molecule has 1 heterocycles. The second-order valence-corrected chi connectivity index (χ2v) is 5.38. The van der Waals surface area contributed by atoms with Gasteiger partial charge in [0.1, 0.15) is 0 Å². The highest BCUT2D eigenvalue weighted by molar-refractivity contribution is 8.00. The van der Waals surface area contributed by atoms with Gasteiger partial charge in [-0.3, -0.25) is 0 Å². The van der Waals surface area contributed by atoms with Crippen LogP contribution in [0.2, 0.25) is 0 Å². The van der Waals surface area contributed by atoms with Gasteiger partial charge in [-0.15, -0.1) is 0 Å². The Morgan fingerprint density at radius 3 is 2.54 bits per heavy atom. The highest BCUT2D eigenvalue weighted by atomic mass is 32.2.